The van der Waals surface area contributed by atoms with Gasteiger partial charge in [-0.3, -0.25) is 9.71 Å². The number of allylic oxidation sites excluding steroid dienone is 1. The maximum Gasteiger partial charge on any atom is 0.229 e. The average Bonchev–Trinajstić information content (AvgIpc) is 3.01. The van der Waals surface area contributed by atoms with E-state index in [0.29, 0.717) is 17.8 Å². The predicted octanol–water partition coefficient (Wildman–Crippen LogP) is 3.48. The minimum absolute atomic E-state index is 0.440. The van der Waals surface area contributed by atoms with Crippen molar-refractivity contribution in [2.75, 3.05) is 11.0 Å². The summed E-state index contributed by atoms with van der Waals surface area (Å²) in [5.41, 5.74) is 2.95. The molecule has 0 aromatic heterocycles. The molecule has 2 atom stereocenters. The maximum absolute atomic E-state index is 11.4. The zero-order valence-electron chi connectivity index (χ0n) is 13.8. The Morgan fingerprint density at radius 2 is 1.92 bits per heavy atom. The number of hydrogen-bond donors (Lipinski definition) is 1. The van der Waals surface area contributed by atoms with Crippen molar-refractivity contribution in [3.8, 4) is 0 Å². The monoisotopic (exact) mass is 363 g/mol. The smallest absolute Gasteiger partial charge is 0.229 e. The van der Waals surface area contributed by atoms with Gasteiger partial charge in [0.1, 0.15) is 0 Å². The van der Waals surface area contributed by atoms with Crippen LogP contribution >= 0.6 is 11.8 Å². The third-order valence-electron chi connectivity index (χ3n) is 4.79. The van der Waals surface area contributed by atoms with E-state index in [9.17, 15) is 8.42 Å². The highest BCUT2D eigenvalue weighted by molar-refractivity contribution is 8.17. The molecule has 0 radical (unpaired) electrons. The van der Waals surface area contributed by atoms with Gasteiger partial charge in [0.05, 0.1) is 24.0 Å². The third-order valence-corrected chi connectivity index (χ3v) is 6.38. The number of fused-ring (bicyclic) bond motifs is 3. The minimum atomic E-state index is -3.25. The van der Waals surface area contributed by atoms with Gasteiger partial charge in [-0.05, 0) is 37.5 Å². The molecule has 7 heteroatoms. The Morgan fingerprint density at radius 1 is 1.21 bits per heavy atom. The van der Waals surface area contributed by atoms with Crippen molar-refractivity contribution in [3.05, 3.63) is 34.7 Å². The molecule has 1 fully saturated rings. The van der Waals surface area contributed by atoms with Gasteiger partial charge in [0.2, 0.25) is 10.0 Å². The van der Waals surface area contributed by atoms with Crippen LogP contribution < -0.4 is 4.72 Å². The number of anilines is 1. The van der Waals surface area contributed by atoms with Gasteiger partial charge in [-0.25, -0.2) is 8.42 Å². The summed E-state index contributed by atoms with van der Waals surface area (Å²) in [4.78, 5) is 8.62. The van der Waals surface area contributed by atoms with Crippen LogP contribution in [0.25, 0.3) is 5.70 Å². The van der Waals surface area contributed by atoms with E-state index in [1.807, 2.05) is 24.3 Å². The second-order valence-corrected chi connectivity index (χ2v) is 9.59. The van der Waals surface area contributed by atoms with Gasteiger partial charge in [0, 0.05) is 10.6 Å². The van der Waals surface area contributed by atoms with Gasteiger partial charge in [-0.15, -0.1) is 0 Å². The van der Waals surface area contributed by atoms with Gasteiger partial charge in [-0.1, -0.05) is 36.7 Å². The lowest BCUT2D eigenvalue weighted by Crippen LogP contribution is -2.38. The number of nitrogens with one attached hydrogen (secondary N) is 1. The molecule has 2 aliphatic heterocycles. The Hall–Kier alpha value is -1.47. The summed E-state index contributed by atoms with van der Waals surface area (Å²) in [6.45, 7) is 2.14. The lowest BCUT2D eigenvalue weighted by atomic mass is 9.90. The molecule has 24 heavy (non-hydrogen) atoms. The summed E-state index contributed by atoms with van der Waals surface area (Å²) < 4.78 is 25.2. The van der Waals surface area contributed by atoms with E-state index in [1.165, 1.54) is 36.3 Å². The Morgan fingerprint density at radius 3 is 2.62 bits per heavy atom. The molecule has 0 unspecified atom stereocenters. The van der Waals surface area contributed by atoms with Crippen molar-refractivity contribution >= 4 is 38.3 Å². The minimum Gasteiger partial charge on any atom is -0.314 e. The fraction of sp³-hybridized carbons (Fsp3) is 0.471. The van der Waals surface area contributed by atoms with Crippen LogP contribution in [0.4, 0.5) is 5.69 Å². The van der Waals surface area contributed by atoms with Crippen molar-refractivity contribution in [1.82, 2.24) is 4.90 Å². The van der Waals surface area contributed by atoms with Crippen LogP contribution in [-0.2, 0) is 10.0 Å². The normalized spacial score (nSPS) is 26.2. The number of sulfonamides is 1. The molecule has 1 aromatic rings. The van der Waals surface area contributed by atoms with Crippen LogP contribution in [0.3, 0.4) is 0 Å². The number of rotatable bonds is 3. The first-order valence-electron chi connectivity index (χ1n) is 8.26. The number of hydrogen-bond acceptors (Lipinski definition) is 5. The Bertz CT molecular complexity index is 828. The van der Waals surface area contributed by atoms with Gasteiger partial charge in [-0.2, -0.15) is 0 Å². The summed E-state index contributed by atoms with van der Waals surface area (Å²) in [6.07, 6.45) is 6.10. The highest BCUT2D eigenvalue weighted by Gasteiger charge is 2.43. The Kier molecular flexibility index (Phi) is 3.88. The SMILES string of the molecule is CC1=C(c2ccc(NS(C)(=O)=O)cc2)N2C(=N[C@@H]3CCCC[C@@H]32)S1. The first-order valence-corrected chi connectivity index (χ1v) is 11.0. The molecule has 1 saturated carbocycles. The molecule has 5 nitrogen and oxygen atoms in total. The Balaban J connectivity index is 1.63. The second-order valence-electron chi connectivity index (χ2n) is 6.66. The van der Waals surface area contributed by atoms with Crippen molar-refractivity contribution < 1.29 is 8.42 Å². The lowest BCUT2D eigenvalue weighted by molar-refractivity contribution is 0.305. The van der Waals surface area contributed by atoms with E-state index < -0.39 is 10.0 Å². The zero-order valence-corrected chi connectivity index (χ0v) is 15.5. The highest BCUT2D eigenvalue weighted by atomic mass is 32.2. The number of nitrogens with zero attached hydrogens (tertiary/aromatic N) is 2. The average molecular weight is 364 g/mol. The van der Waals surface area contributed by atoms with Gasteiger partial charge < -0.3 is 4.90 Å². The molecule has 1 N–H and O–H groups in total. The van der Waals surface area contributed by atoms with Gasteiger partial charge >= 0.3 is 0 Å². The number of amidine groups is 1. The number of benzene rings is 1. The van der Waals surface area contributed by atoms with Crippen molar-refractivity contribution in [3.63, 3.8) is 0 Å². The van der Waals surface area contributed by atoms with Crippen LogP contribution in [0.2, 0.25) is 0 Å². The van der Waals surface area contributed by atoms with Crippen LogP contribution in [0, 0.1) is 0 Å². The topological polar surface area (TPSA) is 61.8 Å². The molecule has 2 heterocycles. The zero-order chi connectivity index (χ0) is 16.9. The molecule has 0 saturated heterocycles. The van der Waals surface area contributed by atoms with E-state index in [2.05, 4.69) is 16.5 Å². The highest BCUT2D eigenvalue weighted by Crippen LogP contribution is 2.47. The van der Waals surface area contributed by atoms with Gasteiger partial charge in [0.15, 0.2) is 5.17 Å². The van der Waals surface area contributed by atoms with E-state index >= 15 is 0 Å². The van der Waals surface area contributed by atoms with Crippen LogP contribution in [0.5, 0.6) is 0 Å². The summed E-state index contributed by atoms with van der Waals surface area (Å²) in [7, 11) is -3.25. The molecule has 0 bridgehead atoms. The first-order chi connectivity index (χ1) is 11.4. The molecule has 1 aliphatic carbocycles. The number of aliphatic imine (C=N–C) groups is 1. The fourth-order valence-corrected chi connectivity index (χ4v) is 5.50. The molecule has 128 valence electrons. The van der Waals surface area contributed by atoms with Crippen molar-refractivity contribution in [2.24, 2.45) is 4.99 Å². The van der Waals surface area contributed by atoms with Crippen LogP contribution in [0.15, 0.2) is 34.2 Å². The van der Waals surface area contributed by atoms with Crippen LogP contribution in [-0.4, -0.2) is 36.8 Å². The van der Waals surface area contributed by atoms with Crippen molar-refractivity contribution in [2.45, 2.75) is 44.7 Å². The maximum atomic E-state index is 11.4. The second kappa shape index (κ2) is 5.81. The standard InChI is InChI=1S/C17H21N3O2S2/c1-11-16(12-7-9-13(10-8-12)19-24(2,21)22)20-15-6-4-3-5-14(15)18-17(20)23-11/h7-10,14-15,19H,3-6H2,1-2H3/t14-,15+/m1/s1. The molecule has 4 rings (SSSR count). The molecular weight excluding hydrogens is 342 g/mol. The van der Waals surface area contributed by atoms with E-state index in [-0.39, 0.29) is 0 Å². The summed E-state index contributed by atoms with van der Waals surface area (Å²) in [5, 5.41) is 1.14. The van der Waals surface area contributed by atoms with E-state index in [0.717, 1.165) is 17.0 Å². The molecule has 0 amide bonds. The quantitative estimate of drug-likeness (QED) is 0.893. The largest absolute Gasteiger partial charge is 0.314 e. The summed E-state index contributed by atoms with van der Waals surface area (Å²) >= 11 is 1.76. The summed E-state index contributed by atoms with van der Waals surface area (Å²) in [6, 6.07) is 8.56. The van der Waals surface area contributed by atoms with Crippen molar-refractivity contribution in [1.29, 1.82) is 0 Å². The van der Waals surface area contributed by atoms with Crippen LogP contribution in [0.1, 0.15) is 38.2 Å². The van der Waals surface area contributed by atoms with E-state index in [1.54, 1.807) is 11.8 Å². The lowest BCUT2D eigenvalue weighted by Gasteiger charge is -2.32. The molecule has 1 aromatic carbocycles. The summed E-state index contributed by atoms with van der Waals surface area (Å²) in [5.74, 6) is 0. The van der Waals surface area contributed by atoms with Gasteiger partial charge in [0.25, 0.3) is 0 Å². The molecule has 0 spiro atoms. The molecular formula is C17H21N3O2S2. The van der Waals surface area contributed by atoms with E-state index in [4.69, 9.17) is 4.99 Å². The Labute approximate surface area is 147 Å². The fourth-order valence-electron chi connectivity index (χ4n) is 3.83. The first kappa shape index (κ1) is 16.0. The number of thioether (sulfide) groups is 1. The predicted molar refractivity (Wildman–Crippen MR) is 100 cm³/mol. The molecule has 3 aliphatic rings. The third kappa shape index (κ3) is 2.84.